The van der Waals surface area contributed by atoms with Crippen LogP contribution in [0.2, 0.25) is 5.02 Å². The highest BCUT2D eigenvalue weighted by atomic mass is 35.5. The Balaban J connectivity index is 1.52. The third-order valence-corrected chi connectivity index (χ3v) is 6.61. The highest BCUT2D eigenvalue weighted by molar-refractivity contribution is 7.14. The largest absolute Gasteiger partial charge is 0.264 e. The molecule has 4 aromatic rings. The van der Waals surface area contributed by atoms with Crippen molar-refractivity contribution in [3.05, 3.63) is 87.1 Å². The van der Waals surface area contributed by atoms with Crippen LogP contribution in [-0.2, 0) is 0 Å². The van der Waals surface area contributed by atoms with Crippen molar-refractivity contribution in [2.45, 2.75) is 12.5 Å². The SMILES string of the molecule is Clc1ccc(-c2csc(N3N=C(c4cccs4)CC3c3cccnc3)n2)cc1. The fraction of sp³-hybridized carbons (Fsp3) is 0.0952. The fourth-order valence-corrected chi connectivity index (χ4v) is 4.91. The van der Waals surface area contributed by atoms with Gasteiger partial charge in [-0.25, -0.2) is 9.99 Å². The molecule has 5 rings (SSSR count). The molecule has 28 heavy (non-hydrogen) atoms. The normalized spacial score (nSPS) is 16.4. The van der Waals surface area contributed by atoms with Gasteiger partial charge in [0.05, 0.1) is 22.3 Å². The summed E-state index contributed by atoms with van der Waals surface area (Å²) in [7, 11) is 0. The lowest BCUT2D eigenvalue weighted by Crippen LogP contribution is -2.18. The van der Waals surface area contributed by atoms with E-state index in [1.54, 1.807) is 28.9 Å². The van der Waals surface area contributed by atoms with E-state index < -0.39 is 0 Å². The molecule has 1 atom stereocenters. The van der Waals surface area contributed by atoms with Gasteiger partial charge in [-0.05, 0) is 35.2 Å². The van der Waals surface area contributed by atoms with Crippen molar-refractivity contribution in [1.82, 2.24) is 9.97 Å². The highest BCUT2D eigenvalue weighted by Gasteiger charge is 2.32. The molecular formula is C21H15ClN4S2. The lowest BCUT2D eigenvalue weighted by Gasteiger charge is -2.20. The fourth-order valence-electron chi connectivity index (χ4n) is 3.23. The Kier molecular flexibility index (Phi) is 4.68. The maximum Gasteiger partial charge on any atom is 0.207 e. The van der Waals surface area contributed by atoms with Crippen molar-refractivity contribution < 1.29 is 0 Å². The van der Waals surface area contributed by atoms with Crippen LogP contribution < -0.4 is 5.01 Å². The molecule has 0 spiro atoms. The van der Waals surface area contributed by atoms with E-state index >= 15 is 0 Å². The van der Waals surface area contributed by atoms with Gasteiger partial charge in [-0.15, -0.1) is 22.7 Å². The number of halogens is 1. The van der Waals surface area contributed by atoms with Crippen molar-refractivity contribution in [2.24, 2.45) is 5.10 Å². The van der Waals surface area contributed by atoms with Crippen LogP contribution in [0.3, 0.4) is 0 Å². The van der Waals surface area contributed by atoms with Crippen molar-refractivity contribution in [3.8, 4) is 11.3 Å². The van der Waals surface area contributed by atoms with E-state index in [4.69, 9.17) is 21.7 Å². The van der Waals surface area contributed by atoms with E-state index in [-0.39, 0.29) is 6.04 Å². The van der Waals surface area contributed by atoms with E-state index in [1.807, 2.05) is 41.5 Å². The molecule has 1 aliphatic rings. The minimum atomic E-state index is 0.0926. The zero-order valence-corrected chi connectivity index (χ0v) is 17.1. The molecule has 0 radical (unpaired) electrons. The van der Waals surface area contributed by atoms with Gasteiger partial charge >= 0.3 is 0 Å². The molecule has 0 amide bonds. The maximum absolute atomic E-state index is 6.01. The molecule has 3 aromatic heterocycles. The second-order valence-corrected chi connectivity index (χ2v) is 8.62. The average molecular weight is 423 g/mol. The van der Waals surface area contributed by atoms with Crippen LogP contribution in [0, 0.1) is 0 Å². The highest BCUT2D eigenvalue weighted by Crippen LogP contribution is 2.39. The number of pyridine rings is 1. The number of nitrogens with zero attached hydrogens (tertiary/aromatic N) is 4. The van der Waals surface area contributed by atoms with Gasteiger partial charge in [0.15, 0.2) is 0 Å². The first-order valence-corrected chi connectivity index (χ1v) is 10.9. The molecule has 4 heterocycles. The molecule has 0 bridgehead atoms. The zero-order chi connectivity index (χ0) is 18.9. The molecule has 1 unspecified atom stereocenters. The van der Waals surface area contributed by atoms with Gasteiger partial charge in [0.25, 0.3) is 0 Å². The van der Waals surface area contributed by atoms with Gasteiger partial charge < -0.3 is 0 Å². The maximum atomic E-state index is 6.01. The van der Waals surface area contributed by atoms with Crippen LogP contribution in [0.15, 0.2) is 76.8 Å². The minimum absolute atomic E-state index is 0.0926. The first-order chi connectivity index (χ1) is 13.8. The lowest BCUT2D eigenvalue weighted by molar-refractivity contribution is 0.703. The Morgan fingerprint density at radius 3 is 2.68 bits per heavy atom. The standard InChI is InChI=1S/C21H15ClN4S2/c22-16-7-5-14(6-8-16)18-13-28-21(24-18)26-19(15-3-1-9-23-12-15)11-17(25-26)20-4-2-10-27-20/h1-10,12-13,19H,11H2. The van der Waals surface area contributed by atoms with Crippen molar-refractivity contribution in [2.75, 3.05) is 5.01 Å². The summed E-state index contributed by atoms with van der Waals surface area (Å²) in [5.74, 6) is 0. The van der Waals surface area contributed by atoms with Gasteiger partial charge in [0.2, 0.25) is 5.13 Å². The summed E-state index contributed by atoms with van der Waals surface area (Å²) in [4.78, 5) is 10.4. The first-order valence-electron chi connectivity index (χ1n) is 8.80. The van der Waals surface area contributed by atoms with Crippen LogP contribution in [0.4, 0.5) is 5.13 Å². The van der Waals surface area contributed by atoms with Crippen LogP contribution in [0.1, 0.15) is 22.9 Å². The van der Waals surface area contributed by atoms with Gasteiger partial charge in [0, 0.05) is 34.8 Å². The topological polar surface area (TPSA) is 41.4 Å². The molecule has 0 aliphatic carbocycles. The first kappa shape index (κ1) is 17.6. The van der Waals surface area contributed by atoms with E-state index in [0.717, 1.165) is 39.1 Å². The second-order valence-electron chi connectivity index (χ2n) is 6.40. The molecule has 1 aromatic carbocycles. The summed E-state index contributed by atoms with van der Waals surface area (Å²) in [5, 5.41) is 12.7. The average Bonchev–Trinajstić information content (AvgIpc) is 3.48. The predicted molar refractivity (Wildman–Crippen MR) is 117 cm³/mol. The van der Waals surface area contributed by atoms with E-state index in [9.17, 15) is 0 Å². The number of thiazole rings is 1. The number of thiophene rings is 1. The minimum Gasteiger partial charge on any atom is -0.264 e. The quantitative estimate of drug-likeness (QED) is 0.389. The monoisotopic (exact) mass is 422 g/mol. The summed E-state index contributed by atoms with van der Waals surface area (Å²) in [6.45, 7) is 0. The summed E-state index contributed by atoms with van der Waals surface area (Å²) in [5.41, 5.74) is 4.21. The number of hydrogen-bond acceptors (Lipinski definition) is 6. The summed E-state index contributed by atoms with van der Waals surface area (Å²) in [6, 6.07) is 16.1. The van der Waals surface area contributed by atoms with E-state index in [2.05, 4.69) is 33.9 Å². The molecule has 0 N–H and O–H groups in total. The van der Waals surface area contributed by atoms with Crippen molar-refractivity contribution in [1.29, 1.82) is 0 Å². The molecule has 0 saturated carbocycles. The van der Waals surface area contributed by atoms with Gasteiger partial charge in [-0.1, -0.05) is 35.9 Å². The lowest BCUT2D eigenvalue weighted by atomic mass is 10.0. The van der Waals surface area contributed by atoms with Gasteiger partial charge in [-0.3, -0.25) is 4.98 Å². The molecule has 138 valence electrons. The van der Waals surface area contributed by atoms with Gasteiger partial charge in [-0.2, -0.15) is 5.10 Å². The van der Waals surface area contributed by atoms with Crippen LogP contribution in [0.25, 0.3) is 11.3 Å². The summed E-state index contributed by atoms with van der Waals surface area (Å²) >= 11 is 9.33. The van der Waals surface area contributed by atoms with Crippen LogP contribution >= 0.6 is 34.3 Å². The van der Waals surface area contributed by atoms with E-state index in [0.29, 0.717) is 0 Å². The third kappa shape index (κ3) is 3.35. The zero-order valence-electron chi connectivity index (χ0n) is 14.7. The molecule has 4 nitrogen and oxygen atoms in total. The molecule has 7 heteroatoms. The Morgan fingerprint density at radius 2 is 1.93 bits per heavy atom. The number of anilines is 1. The smallest absolute Gasteiger partial charge is 0.207 e. The van der Waals surface area contributed by atoms with Crippen molar-refractivity contribution in [3.63, 3.8) is 0 Å². The third-order valence-electron chi connectivity index (χ3n) is 4.61. The Labute approximate surface area is 175 Å². The van der Waals surface area contributed by atoms with Crippen LogP contribution in [0.5, 0.6) is 0 Å². The summed E-state index contributed by atoms with van der Waals surface area (Å²) < 4.78 is 0. The molecule has 1 aliphatic heterocycles. The number of hydrazone groups is 1. The second kappa shape index (κ2) is 7.47. The number of rotatable bonds is 4. The van der Waals surface area contributed by atoms with Crippen molar-refractivity contribution >= 4 is 45.1 Å². The Morgan fingerprint density at radius 1 is 1.04 bits per heavy atom. The van der Waals surface area contributed by atoms with E-state index in [1.165, 1.54) is 4.88 Å². The number of hydrogen-bond donors (Lipinski definition) is 0. The van der Waals surface area contributed by atoms with Gasteiger partial charge in [0.1, 0.15) is 0 Å². The summed E-state index contributed by atoms with van der Waals surface area (Å²) in [6.07, 6.45) is 4.55. The van der Waals surface area contributed by atoms with Crippen LogP contribution in [-0.4, -0.2) is 15.7 Å². The number of benzene rings is 1. The molecule has 0 fully saturated rings. The molecule has 0 saturated heterocycles. The number of aromatic nitrogens is 2. The Bertz CT molecular complexity index is 1110. The predicted octanol–water partition coefficient (Wildman–Crippen LogP) is 6.28. The Hall–Kier alpha value is -2.54. The molecular weight excluding hydrogens is 408 g/mol.